The number of benzene rings is 1. The van der Waals surface area contributed by atoms with Gasteiger partial charge in [0.05, 0.1) is 16.5 Å². The smallest absolute Gasteiger partial charge is 0.330 e. The lowest BCUT2D eigenvalue weighted by molar-refractivity contribution is 0.171. The van der Waals surface area contributed by atoms with Gasteiger partial charge < -0.3 is 9.47 Å². The fourth-order valence-corrected chi connectivity index (χ4v) is 5.74. The minimum Gasteiger partial charge on any atom is -0.486 e. The summed E-state index contributed by atoms with van der Waals surface area (Å²) in [6.07, 6.45) is 3.01. The van der Waals surface area contributed by atoms with E-state index < -0.39 is 10.0 Å². The number of fused-ring (bicyclic) bond motifs is 2. The van der Waals surface area contributed by atoms with E-state index in [9.17, 15) is 13.2 Å². The summed E-state index contributed by atoms with van der Waals surface area (Å²) in [6.45, 7) is 1.45. The Bertz CT molecular complexity index is 1280. The molecule has 2 aliphatic heterocycles. The molecule has 1 fully saturated rings. The molecule has 0 unspecified atom stereocenters. The van der Waals surface area contributed by atoms with Crippen molar-refractivity contribution >= 4 is 21.2 Å². The van der Waals surface area contributed by atoms with Crippen molar-refractivity contribution in [2.45, 2.75) is 23.8 Å². The minimum atomic E-state index is -3.74. The van der Waals surface area contributed by atoms with Crippen LogP contribution in [0, 0.1) is 0 Å². The summed E-state index contributed by atoms with van der Waals surface area (Å²) in [5, 5.41) is 0. The Morgan fingerprint density at radius 3 is 2.77 bits per heavy atom. The Kier molecular flexibility index (Phi) is 4.55. The molecular formula is C20H22N4O5S. The number of hydrogen-bond acceptors (Lipinski definition) is 6. The van der Waals surface area contributed by atoms with Crippen LogP contribution in [0.4, 0.5) is 0 Å². The van der Waals surface area contributed by atoms with Crippen LogP contribution in [-0.4, -0.2) is 53.1 Å². The normalized spacial score (nSPS) is 19.8. The van der Waals surface area contributed by atoms with E-state index in [4.69, 9.17) is 9.47 Å². The lowest BCUT2D eigenvalue weighted by Crippen LogP contribution is -2.42. The van der Waals surface area contributed by atoms with Gasteiger partial charge in [0, 0.05) is 32.4 Å². The van der Waals surface area contributed by atoms with E-state index in [0.29, 0.717) is 49.7 Å². The molecule has 5 rings (SSSR count). The quantitative estimate of drug-likeness (QED) is 0.625. The molecule has 0 amide bonds. The Labute approximate surface area is 173 Å². The fraction of sp³-hybridized carbons (Fsp3) is 0.400. The number of hydrogen-bond donors (Lipinski definition) is 0. The van der Waals surface area contributed by atoms with E-state index in [1.54, 1.807) is 34.5 Å². The summed E-state index contributed by atoms with van der Waals surface area (Å²) in [6, 6.07) is 8.02. The van der Waals surface area contributed by atoms with Crippen molar-refractivity contribution in [3.8, 4) is 11.5 Å². The van der Waals surface area contributed by atoms with Gasteiger partial charge in [0.2, 0.25) is 10.0 Å². The molecule has 1 aromatic carbocycles. The summed E-state index contributed by atoms with van der Waals surface area (Å²) in [4.78, 5) is 17.4. The first-order chi connectivity index (χ1) is 14.5. The molecule has 1 atom stereocenters. The van der Waals surface area contributed by atoms with Gasteiger partial charge in [0.15, 0.2) is 17.1 Å². The third kappa shape index (κ3) is 2.98. The number of nitrogens with zero attached hydrogens (tertiary/aromatic N) is 4. The highest BCUT2D eigenvalue weighted by Crippen LogP contribution is 2.34. The van der Waals surface area contributed by atoms with Crippen LogP contribution in [0.1, 0.15) is 18.9 Å². The first-order valence-electron chi connectivity index (χ1n) is 9.88. The molecule has 10 heteroatoms. The molecule has 0 bridgehead atoms. The van der Waals surface area contributed by atoms with Crippen LogP contribution in [0.2, 0.25) is 0 Å². The monoisotopic (exact) mass is 430 g/mol. The second-order valence-corrected chi connectivity index (χ2v) is 9.46. The second-order valence-electron chi connectivity index (χ2n) is 7.52. The maximum atomic E-state index is 13.3. The molecule has 0 radical (unpaired) electrons. The topological polar surface area (TPSA) is 95.7 Å². The number of rotatable bonds is 3. The maximum Gasteiger partial charge on any atom is 0.330 e. The van der Waals surface area contributed by atoms with E-state index in [1.807, 2.05) is 6.07 Å². The molecule has 0 spiro atoms. The van der Waals surface area contributed by atoms with Crippen LogP contribution in [0.25, 0.3) is 11.2 Å². The van der Waals surface area contributed by atoms with Gasteiger partial charge in [-0.1, -0.05) is 0 Å². The zero-order valence-corrected chi connectivity index (χ0v) is 17.3. The van der Waals surface area contributed by atoms with E-state index in [1.165, 1.54) is 16.4 Å². The molecule has 158 valence electrons. The summed E-state index contributed by atoms with van der Waals surface area (Å²) in [7, 11) is -2.04. The average molecular weight is 430 g/mol. The van der Waals surface area contributed by atoms with Gasteiger partial charge in [-0.05, 0) is 37.1 Å². The third-order valence-corrected chi connectivity index (χ3v) is 7.59. The second kappa shape index (κ2) is 7.13. The average Bonchev–Trinajstić information content (AvgIpc) is 3.04. The van der Waals surface area contributed by atoms with Crippen molar-refractivity contribution in [2.24, 2.45) is 7.05 Å². The molecule has 2 aromatic heterocycles. The molecule has 1 saturated heterocycles. The number of imidazole rings is 1. The first kappa shape index (κ1) is 19.1. The molecule has 0 aliphatic carbocycles. The number of aryl methyl sites for hydroxylation is 1. The standard InChI is InChI=1S/C20H22N4O5S/c1-22-16-5-2-8-21-19(16)24(20(22)25)14-4-3-9-23(13-14)30(26,27)15-6-7-17-18(12-15)29-11-10-28-17/h2,5-8,12,14H,3-4,9-11,13H2,1H3/t14-/m0/s1. The van der Waals surface area contributed by atoms with Gasteiger partial charge in [0.25, 0.3) is 0 Å². The van der Waals surface area contributed by atoms with Gasteiger partial charge >= 0.3 is 5.69 Å². The van der Waals surface area contributed by atoms with Crippen LogP contribution in [0.3, 0.4) is 0 Å². The van der Waals surface area contributed by atoms with Crippen molar-refractivity contribution < 1.29 is 17.9 Å². The van der Waals surface area contributed by atoms with E-state index >= 15 is 0 Å². The Morgan fingerprint density at radius 2 is 1.93 bits per heavy atom. The predicted molar refractivity (Wildman–Crippen MR) is 109 cm³/mol. The van der Waals surface area contributed by atoms with E-state index in [0.717, 1.165) is 5.52 Å². The van der Waals surface area contributed by atoms with Crippen LogP contribution < -0.4 is 15.2 Å². The molecule has 9 nitrogen and oxygen atoms in total. The number of piperidine rings is 1. The molecular weight excluding hydrogens is 408 g/mol. The van der Waals surface area contributed by atoms with Gasteiger partial charge in [-0.25, -0.2) is 18.2 Å². The Hall–Kier alpha value is -2.85. The minimum absolute atomic E-state index is 0.163. The van der Waals surface area contributed by atoms with Crippen LogP contribution in [0.5, 0.6) is 11.5 Å². The summed E-state index contributed by atoms with van der Waals surface area (Å²) >= 11 is 0. The summed E-state index contributed by atoms with van der Waals surface area (Å²) in [5.74, 6) is 0.982. The van der Waals surface area contributed by atoms with Crippen molar-refractivity contribution in [3.05, 3.63) is 47.0 Å². The highest BCUT2D eigenvalue weighted by Gasteiger charge is 2.33. The molecule has 0 N–H and O–H groups in total. The summed E-state index contributed by atoms with van der Waals surface area (Å²) in [5.41, 5.74) is 1.12. The van der Waals surface area contributed by atoms with Gasteiger partial charge in [-0.2, -0.15) is 4.31 Å². The SMILES string of the molecule is Cn1c(=O)n([C@H]2CCCN(S(=O)(=O)c3ccc4c(c3)OCCO4)C2)c2ncccc21. The Balaban J connectivity index is 1.49. The third-order valence-electron chi connectivity index (χ3n) is 5.72. The van der Waals surface area contributed by atoms with Gasteiger partial charge in [-0.3, -0.25) is 9.13 Å². The lowest BCUT2D eigenvalue weighted by Gasteiger charge is -2.32. The highest BCUT2D eigenvalue weighted by molar-refractivity contribution is 7.89. The van der Waals surface area contributed by atoms with Gasteiger partial charge in [0.1, 0.15) is 13.2 Å². The van der Waals surface area contributed by atoms with Crippen molar-refractivity contribution in [2.75, 3.05) is 26.3 Å². The molecule has 0 saturated carbocycles. The molecule has 2 aliphatic rings. The fourth-order valence-electron chi connectivity index (χ4n) is 4.20. The predicted octanol–water partition coefficient (Wildman–Crippen LogP) is 1.53. The number of ether oxygens (including phenoxy) is 2. The molecule has 30 heavy (non-hydrogen) atoms. The maximum absolute atomic E-state index is 13.3. The zero-order valence-electron chi connectivity index (χ0n) is 16.5. The van der Waals surface area contributed by atoms with Gasteiger partial charge in [-0.15, -0.1) is 0 Å². The van der Waals surface area contributed by atoms with Crippen LogP contribution in [-0.2, 0) is 17.1 Å². The number of pyridine rings is 1. The van der Waals surface area contributed by atoms with Crippen molar-refractivity contribution in [1.82, 2.24) is 18.4 Å². The lowest BCUT2D eigenvalue weighted by atomic mass is 10.1. The van der Waals surface area contributed by atoms with Crippen molar-refractivity contribution in [1.29, 1.82) is 0 Å². The van der Waals surface area contributed by atoms with E-state index in [2.05, 4.69) is 4.98 Å². The van der Waals surface area contributed by atoms with Crippen molar-refractivity contribution in [3.63, 3.8) is 0 Å². The van der Waals surface area contributed by atoms with E-state index in [-0.39, 0.29) is 23.2 Å². The zero-order chi connectivity index (χ0) is 20.9. The van der Waals surface area contributed by atoms with Crippen LogP contribution >= 0.6 is 0 Å². The molecule has 4 heterocycles. The highest BCUT2D eigenvalue weighted by atomic mass is 32.2. The number of sulfonamides is 1. The molecule has 3 aromatic rings. The summed E-state index contributed by atoms with van der Waals surface area (Å²) < 4.78 is 42.3. The largest absolute Gasteiger partial charge is 0.486 e. The van der Waals surface area contributed by atoms with Crippen LogP contribution in [0.15, 0.2) is 46.2 Å². The Morgan fingerprint density at radius 1 is 1.13 bits per heavy atom. The number of aromatic nitrogens is 3. The first-order valence-corrected chi connectivity index (χ1v) is 11.3.